The van der Waals surface area contributed by atoms with Crippen molar-refractivity contribution in [1.29, 1.82) is 5.26 Å². The van der Waals surface area contributed by atoms with Crippen molar-refractivity contribution in [2.45, 2.75) is 13.5 Å². The molecular formula is C20H21N5O2. The first kappa shape index (κ1) is 18.3. The Morgan fingerprint density at radius 1 is 1.15 bits per heavy atom. The van der Waals surface area contributed by atoms with Crippen molar-refractivity contribution in [2.75, 3.05) is 20.3 Å². The van der Waals surface area contributed by atoms with Gasteiger partial charge in [0.05, 0.1) is 30.4 Å². The Kier molecular flexibility index (Phi) is 5.57. The molecule has 0 spiro atoms. The van der Waals surface area contributed by atoms with E-state index in [4.69, 9.17) is 15.3 Å². The highest BCUT2D eigenvalue weighted by Crippen LogP contribution is 2.35. The molecule has 0 bridgehead atoms. The standard InChI is InChI=1S/C20H21N5O2/c1-3-25-19-12-16(26-2)8-9-17(19)18(13-21)20(25)14-4-6-15(7-5-14)27-11-10-23-24-22/h4-9,12H,3,10-11H2,1-2H3,(H2,22,23). The fraction of sp³-hybridized carbons (Fsp3) is 0.250. The summed E-state index contributed by atoms with van der Waals surface area (Å²) in [5, 5.41) is 17.6. The number of methoxy groups -OCH3 is 1. The Hall–Kier alpha value is -3.53. The maximum atomic E-state index is 9.79. The Labute approximate surface area is 157 Å². The number of nitriles is 1. The summed E-state index contributed by atoms with van der Waals surface area (Å²) >= 11 is 0. The van der Waals surface area contributed by atoms with Gasteiger partial charge in [0.15, 0.2) is 0 Å². The first-order chi connectivity index (χ1) is 13.2. The molecule has 0 saturated heterocycles. The minimum Gasteiger partial charge on any atom is -0.497 e. The highest BCUT2D eigenvalue weighted by molar-refractivity contribution is 5.95. The van der Waals surface area contributed by atoms with Gasteiger partial charge < -0.3 is 19.9 Å². The number of rotatable bonds is 7. The van der Waals surface area contributed by atoms with Crippen molar-refractivity contribution in [3.8, 4) is 28.8 Å². The van der Waals surface area contributed by atoms with Crippen LogP contribution in [0.3, 0.4) is 0 Å². The van der Waals surface area contributed by atoms with Crippen LogP contribution in [0.15, 0.2) is 52.8 Å². The number of benzene rings is 2. The Morgan fingerprint density at radius 3 is 2.52 bits per heavy atom. The monoisotopic (exact) mass is 363 g/mol. The van der Waals surface area contributed by atoms with Crippen LogP contribution in [0.25, 0.3) is 22.2 Å². The van der Waals surface area contributed by atoms with E-state index in [9.17, 15) is 5.26 Å². The summed E-state index contributed by atoms with van der Waals surface area (Å²) in [6.07, 6.45) is 0. The molecule has 2 N–H and O–H groups in total. The molecule has 0 unspecified atom stereocenters. The van der Waals surface area contributed by atoms with Crippen molar-refractivity contribution in [3.05, 3.63) is 48.0 Å². The predicted octanol–water partition coefficient (Wildman–Crippen LogP) is 3.91. The van der Waals surface area contributed by atoms with E-state index in [0.717, 1.165) is 40.2 Å². The Bertz CT molecular complexity index is 1000. The highest BCUT2D eigenvalue weighted by atomic mass is 16.5. The number of nitrogens with zero attached hydrogens (tertiary/aromatic N) is 4. The molecular weight excluding hydrogens is 342 g/mol. The summed E-state index contributed by atoms with van der Waals surface area (Å²) in [4.78, 5) is 0. The second-order valence-electron chi connectivity index (χ2n) is 5.82. The van der Waals surface area contributed by atoms with Crippen molar-refractivity contribution < 1.29 is 9.47 Å². The zero-order valence-corrected chi connectivity index (χ0v) is 15.3. The zero-order chi connectivity index (χ0) is 19.2. The van der Waals surface area contributed by atoms with Crippen molar-refractivity contribution in [3.63, 3.8) is 0 Å². The van der Waals surface area contributed by atoms with Crippen LogP contribution in [0.4, 0.5) is 0 Å². The quantitative estimate of drug-likeness (QED) is 0.298. The van der Waals surface area contributed by atoms with E-state index < -0.39 is 0 Å². The van der Waals surface area contributed by atoms with E-state index in [-0.39, 0.29) is 0 Å². The van der Waals surface area contributed by atoms with E-state index >= 15 is 0 Å². The molecule has 7 heteroatoms. The van der Waals surface area contributed by atoms with E-state index in [2.05, 4.69) is 27.9 Å². The molecule has 0 amide bonds. The lowest BCUT2D eigenvalue weighted by atomic mass is 10.1. The molecule has 0 radical (unpaired) electrons. The number of aryl methyl sites for hydroxylation is 1. The third-order valence-electron chi connectivity index (χ3n) is 4.37. The second kappa shape index (κ2) is 8.23. The van der Waals surface area contributed by atoms with Gasteiger partial charge in [-0.15, -0.1) is 0 Å². The van der Waals surface area contributed by atoms with Gasteiger partial charge in [0, 0.05) is 18.0 Å². The van der Waals surface area contributed by atoms with Crippen molar-refractivity contribution in [2.24, 2.45) is 16.2 Å². The van der Waals surface area contributed by atoms with Crippen molar-refractivity contribution in [1.82, 2.24) is 4.57 Å². The average molecular weight is 363 g/mol. The zero-order valence-electron chi connectivity index (χ0n) is 15.3. The van der Waals surface area contributed by atoms with E-state index in [1.165, 1.54) is 0 Å². The summed E-state index contributed by atoms with van der Waals surface area (Å²) in [5.41, 5.74) is 3.49. The lowest BCUT2D eigenvalue weighted by Crippen LogP contribution is -2.01. The van der Waals surface area contributed by atoms with Gasteiger partial charge in [-0.3, -0.25) is 0 Å². The molecule has 0 saturated carbocycles. The molecule has 7 nitrogen and oxygen atoms in total. The van der Waals surface area contributed by atoms with E-state index in [1.54, 1.807) is 7.11 Å². The molecule has 0 fully saturated rings. The number of ether oxygens (including phenoxy) is 2. The maximum absolute atomic E-state index is 9.79. The normalized spacial score (nSPS) is 11.0. The van der Waals surface area contributed by atoms with Crippen LogP contribution in [0.1, 0.15) is 12.5 Å². The first-order valence-electron chi connectivity index (χ1n) is 8.63. The van der Waals surface area contributed by atoms with Gasteiger partial charge in [0.25, 0.3) is 0 Å². The smallest absolute Gasteiger partial charge is 0.120 e. The van der Waals surface area contributed by atoms with Crippen LogP contribution in [0.5, 0.6) is 11.5 Å². The summed E-state index contributed by atoms with van der Waals surface area (Å²) in [6, 6.07) is 15.8. The molecule has 0 aliphatic heterocycles. The molecule has 0 atom stereocenters. The highest BCUT2D eigenvalue weighted by Gasteiger charge is 2.18. The largest absolute Gasteiger partial charge is 0.497 e. The fourth-order valence-electron chi connectivity index (χ4n) is 3.17. The first-order valence-corrected chi connectivity index (χ1v) is 8.63. The van der Waals surface area contributed by atoms with Crippen LogP contribution in [-0.2, 0) is 6.54 Å². The molecule has 1 aromatic heterocycles. The molecule has 3 rings (SSSR count). The number of fused-ring (bicyclic) bond motifs is 1. The maximum Gasteiger partial charge on any atom is 0.120 e. The van der Waals surface area contributed by atoms with Crippen molar-refractivity contribution >= 4 is 10.9 Å². The average Bonchev–Trinajstić information content (AvgIpc) is 3.04. The Balaban J connectivity index is 2.01. The summed E-state index contributed by atoms with van der Waals surface area (Å²) < 4.78 is 13.1. The summed E-state index contributed by atoms with van der Waals surface area (Å²) in [6.45, 7) is 3.61. The van der Waals surface area contributed by atoms with Gasteiger partial charge in [-0.05, 0) is 48.9 Å². The minimum absolute atomic E-state index is 0.401. The molecule has 0 aliphatic carbocycles. The molecule has 27 heavy (non-hydrogen) atoms. The predicted molar refractivity (Wildman–Crippen MR) is 104 cm³/mol. The third kappa shape index (κ3) is 3.55. The van der Waals surface area contributed by atoms with Crippen LogP contribution in [-0.4, -0.2) is 24.8 Å². The molecule has 1 heterocycles. The lowest BCUT2D eigenvalue weighted by Gasteiger charge is -2.10. The molecule has 138 valence electrons. The molecule has 0 aliphatic rings. The van der Waals surface area contributed by atoms with Gasteiger partial charge in [-0.1, -0.05) is 5.22 Å². The van der Waals surface area contributed by atoms with E-state index in [1.807, 2.05) is 42.5 Å². The van der Waals surface area contributed by atoms with Crippen LogP contribution < -0.4 is 15.3 Å². The lowest BCUT2D eigenvalue weighted by molar-refractivity contribution is 0.326. The van der Waals surface area contributed by atoms with Crippen LogP contribution in [0.2, 0.25) is 0 Å². The fourth-order valence-corrected chi connectivity index (χ4v) is 3.17. The Morgan fingerprint density at radius 2 is 1.89 bits per heavy atom. The summed E-state index contributed by atoms with van der Waals surface area (Å²) in [5.74, 6) is 6.46. The number of hydrogen-bond donors (Lipinski definition) is 1. The van der Waals surface area contributed by atoms with Gasteiger partial charge in [-0.25, -0.2) is 0 Å². The van der Waals surface area contributed by atoms with Gasteiger partial charge >= 0.3 is 0 Å². The van der Waals surface area contributed by atoms with Gasteiger partial charge in [-0.2, -0.15) is 10.4 Å². The number of hydrogen-bond acceptors (Lipinski definition) is 5. The number of aromatic nitrogens is 1. The van der Waals surface area contributed by atoms with Crippen LogP contribution in [0, 0.1) is 11.3 Å². The SMILES string of the molecule is CCn1c(-c2ccc(OCCN=NN)cc2)c(C#N)c2ccc(OC)cc21. The molecule has 3 aromatic rings. The minimum atomic E-state index is 0.401. The third-order valence-corrected chi connectivity index (χ3v) is 4.37. The van der Waals surface area contributed by atoms with Crippen LogP contribution >= 0.6 is 0 Å². The number of nitrogens with two attached hydrogens (primary N) is 1. The van der Waals surface area contributed by atoms with E-state index in [0.29, 0.717) is 18.7 Å². The molecule has 2 aromatic carbocycles. The topological polar surface area (TPSA) is 97.9 Å². The second-order valence-corrected chi connectivity index (χ2v) is 5.82. The van der Waals surface area contributed by atoms with Gasteiger partial charge in [0.2, 0.25) is 0 Å². The van der Waals surface area contributed by atoms with Gasteiger partial charge in [0.1, 0.15) is 24.2 Å². The summed E-state index contributed by atoms with van der Waals surface area (Å²) in [7, 11) is 1.64.